The first-order chi connectivity index (χ1) is 19.1. The average Bonchev–Trinajstić information content (AvgIpc) is 3.42. The summed E-state index contributed by atoms with van der Waals surface area (Å²) in [5.41, 5.74) is 1.14. The number of carbonyl (C=O) groups is 1. The first-order valence-corrected chi connectivity index (χ1v) is 14.1. The number of tetrazole rings is 1. The van der Waals surface area contributed by atoms with Gasteiger partial charge in [0.05, 0.1) is 21.3 Å². The third kappa shape index (κ3) is 8.97. The van der Waals surface area contributed by atoms with E-state index >= 15 is 0 Å². The van der Waals surface area contributed by atoms with Crippen molar-refractivity contribution in [3.63, 3.8) is 0 Å². The number of benzene rings is 2. The zero-order valence-electron chi connectivity index (χ0n) is 23.8. The second kappa shape index (κ2) is 16.4. The molecule has 0 aliphatic heterocycles. The molecule has 39 heavy (non-hydrogen) atoms. The third-order valence-electron chi connectivity index (χ3n) is 6.78. The van der Waals surface area contributed by atoms with Crippen LogP contribution in [-0.4, -0.2) is 47.4 Å². The van der Waals surface area contributed by atoms with Crippen molar-refractivity contribution >= 4 is 11.6 Å². The lowest BCUT2D eigenvalue weighted by atomic mass is 10.1. The smallest absolute Gasteiger partial charge is 0.256 e. The van der Waals surface area contributed by atoms with E-state index in [1.165, 1.54) is 70.4 Å². The van der Waals surface area contributed by atoms with Crippen LogP contribution in [0.15, 0.2) is 42.5 Å². The summed E-state index contributed by atoms with van der Waals surface area (Å²) in [5, 5.41) is 16.1. The summed E-state index contributed by atoms with van der Waals surface area (Å²) in [7, 11) is 4.61. The highest BCUT2D eigenvalue weighted by atomic mass is 16.5. The fourth-order valence-electron chi connectivity index (χ4n) is 4.58. The molecule has 1 heterocycles. The normalized spacial score (nSPS) is 11.7. The number of carbonyl (C=O) groups excluding carboxylic acids is 1. The molecule has 3 aromatic rings. The van der Waals surface area contributed by atoms with Gasteiger partial charge in [0.2, 0.25) is 0 Å². The minimum absolute atomic E-state index is 0.342. The van der Waals surface area contributed by atoms with Gasteiger partial charge in [-0.3, -0.25) is 4.79 Å². The van der Waals surface area contributed by atoms with Gasteiger partial charge < -0.3 is 19.5 Å². The van der Waals surface area contributed by atoms with E-state index in [4.69, 9.17) is 14.2 Å². The minimum Gasteiger partial charge on any atom is -0.496 e. The van der Waals surface area contributed by atoms with E-state index in [1.807, 2.05) is 30.3 Å². The Morgan fingerprint density at radius 2 is 1.44 bits per heavy atom. The maximum atomic E-state index is 13.7. The molecule has 1 atom stereocenters. The highest BCUT2D eigenvalue weighted by molar-refractivity contribution is 5.98. The molecule has 212 valence electrons. The van der Waals surface area contributed by atoms with Crippen molar-refractivity contribution in [2.75, 3.05) is 26.6 Å². The van der Waals surface area contributed by atoms with Gasteiger partial charge in [-0.25, -0.2) is 0 Å². The lowest BCUT2D eigenvalue weighted by Crippen LogP contribution is -2.29. The van der Waals surface area contributed by atoms with Crippen LogP contribution in [0, 0.1) is 0 Å². The van der Waals surface area contributed by atoms with Crippen LogP contribution < -0.4 is 19.5 Å². The number of ether oxygens (including phenoxy) is 3. The van der Waals surface area contributed by atoms with Crippen molar-refractivity contribution in [3.8, 4) is 17.2 Å². The molecule has 1 N–H and O–H groups in total. The maximum absolute atomic E-state index is 13.7. The molecule has 9 nitrogen and oxygen atoms in total. The lowest BCUT2D eigenvalue weighted by Gasteiger charge is -2.19. The van der Waals surface area contributed by atoms with Crippen LogP contribution in [-0.2, 0) is 11.2 Å². The second-order valence-electron chi connectivity index (χ2n) is 9.67. The molecule has 0 saturated carbocycles. The molecule has 1 amide bonds. The van der Waals surface area contributed by atoms with Gasteiger partial charge in [0.15, 0.2) is 11.9 Å². The summed E-state index contributed by atoms with van der Waals surface area (Å²) in [5.74, 6) is 1.68. The Kier molecular flexibility index (Phi) is 12.6. The van der Waals surface area contributed by atoms with Gasteiger partial charge in [-0.1, -0.05) is 95.0 Å². The van der Waals surface area contributed by atoms with Gasteiger partial charge in [-0.05, 0) is 17.2 Å². The van der Waals surface area contributed by atoms with E-state index in [1.54, 1.807) is 19.2 Å². The molecule has 0 fully saturated rings. The summed E-state index contributed by atoms with van der Waals surface area (Å²) in [6, 6.07) is 12.0. The standard InChI is InChI=1S/C30H43N5O4/c1-5-6-7-8-9-10-11-12-13-17-20-27-32-34-35(33-27)29(23-18-15-14-16-19-23)30(36)31-28-25(38-3)21-24(37-2)22-26(28)39-4/h14-16,18-19,21-22,29H,5-13,17,20H2,1-4H3,(H,31,36). The number of rotatable bonds is 18. The molecule has 0 spiro atoms. The number of hydrogen-bond acceptors (Lipinski definition) is 7. The fraction of sp³-hybridized carbons (Fsp3) is 0.533. The predicted molar refractivity (Wildman–Crippen MR) is 153 cm³/mol. The van der Waals surface area contributed by atoms with Crippen LogP contribution in [0.3, 0.4) is 0 Å². The monoisotopic (exact) mass is 537 g/mol. The molecule has 0 saturated heterocycles. The van der Waals surface area contributed by atoms with Gasteiger partial charge in [-0.2, -0.15) is 0 Å². The maximum Gasteiger partial charge on any atom is 0.256 e. The Morgan fingerprint density at radius 1 is 0.846 bits per heavy atom. The van der Waals surface area contributed by atoms with Crippen LogP contribution in [0.5, 0.6) is 17.2 Å². The van der Waals surface area contributed by atoms with E-state index in [0.717, 1.165) is 24.8 Å². The molecular formula is C30H43N5O4. The molecule has 0 aliphatic rings. The fourth-order valence-corrected chi connectivity index (χ4v) is 4.58. The molecule has 3 rings (SSSR count). The van der Waals surface area contributed by atoms with Gasteiger partial charge >= 0.3 is 0 Å². The molecule has 9 heteroatoms. The molecule has 1 aromatic heterocycles. The Morgan fingerprint density at radius 3 is 2.00 bits per heavy atom. The number of hydrogen-bond donors (Lipinski definition) is 1. The SMILES string of the molecule is CCCCCCCCCCCCc1nnn(C(C(=O)Nc2c(OC)cc(OC)cc2OC)c2ccccc2)n1. The van der Waals surface area contributed by atoms with E-state index < -0.39 is 6.04 Å². The molecule has 0 radical (unpaired) electrons. The molecule has 2 aromatic carbocycles. The number of unbranched alkanes of at least 4 members (excludes halogenated alkanes) is 9. The molecule has 0 bridgehead atoms. The van der Waals surface area contributed by atoms with Crippen LogP contribution in [0.2, 0.25) is 0 Å². The zero-order chi connectivity index (χ0) is 27.9. The zero-order valence-corrected chi connectivity index (χ0v) is 23.8. The van der Waals surface area contributed by atoms with Gasteiger partial charge in [0.25, 0.3) is 5.91 Å². The number of methoxy groups -OCH3 is 3. The van der Waals surface area contributed by atoms with E-state index in [0.29, 0.717) is 28.8 Å². The molecule has 0 aliphatic carbocycles. The number of nitrogens with one attached hydrogen (secondary N) is 1. The molecular weight excluding hydrogens is 494 g/mol. The van der Waals surface area contributed by atoms with Crippen LogP contribution in [0.1, 0.15) is 88.6 Å². The quantitative estimate of drug-likeness (QED) is 0.188. The van der Waals surface area contributed by atoms with Crippen molar-refractivity contribution in [2.24, 2.45) is 0 Å². The summed E-state index contributed by atoms with van der Waals surface area (Å²) in [6.07, 6.45) is 13.4. The number of anilines is 1. The summed E-state index contributed by atoms with van der Waals surface area (Å²) in [4.78, 5) is 15.1. The van der Waals surface area contributed by atoms with Crippen molar-refractivity contribution in [1.29, 1.82) is 0 Å². The van der Waals surface area contributed by atoms with Crippen molar-refractivity contribution in [1.82, 2.24) is 20.2 Å². The van der Waals surface area contributed by atoms with Gasteiger partial charge in [-0.15, -0.1) is 15.0 Å². The Labute approximate surface area is 232 Å². The van der Waals surface area contributed by atoms with Crippen molar-refractivity contribution in [2.45, 2.75) is 83.6 Å². The summed E-state index contributed by atoms with van der Waals surface area (Å²) >= 11 is 0. The number of nitrogens with zero attached hydrogens (tertiary/aromatic N) is 4. The van der Waals surface area contributed by atoms with Crippen LogP contribution in [0.25, 0.3) is 0 Å². The molecule has 1 unspecified atom stereocenters. The Balaban J connectivity index is 1.65. The predicted octanol–water partition coefficient (Wildman–Crippen LogP) is 6.39. The van der Waals surface area contributed by atoms with Crippen LogP contribution in [0.4, 0.5) is 5.69 Å². The largest absolute Gasteiger partial charge is 0.496 e. The van der Waals surface area contributed by atoms with Gasteiger partial charge in [0, 0.05) is 18.6 Å². The lowest BCUT2D eigenvalue weighted by molar-refractivity contribution is -0.118. The first-order valence-electron chi connectivity index (χ1n) is 14.1. The van der Waals surface area contributed by atoms with E-state index in [9.17, 15) is 4.79 Å². The highest BCUT2D eigenvalue weighted by Crippen LogP contribution is 2.39. The average molecular weight is 538 g/mol. The number of aryl methyl sites for hydroxylation is 1. The number of aromatic nitrogens is 4. The van der Waals surface area contributed by atoms with Crippen LogP contribution >= 0.6 is 0 Å². The third-order valence-corrected chi connectivity index (χ3v) is 6.78. The summed E-state index contributed by atoms with van der Waals surface area (Å²) < 4.78 is 16.3. The van der Waals surface area contributed by atoms with Gasteiger partial charge in [0.1, 0.15) is 22.9 Å². The highest BCUT2D eigenvalue weighted by Gasteiger charge is 2.28. The first kappa shape index (κ1) is 29.9. The minimum atomic E-state index is -0.823. The Hall–Kier alpha value is -3.62. The van der Waals surface area contributed by atoms with E-state index in [-0.39, 0.29) is 5.91 Å². The number of amides is 1. The van der Waals surface area contributed by atoms with Crippen molar-refractivity contribution < 1.29 is 19.0 Å². The van der Waals surface area contributed by atoms with E-state index in [2.05, 4.69) is 27.7 Å². The topological polar surface area (TPSA) is 100 Å². The van der Waals surface area contributed by atoms with Crippen molar-refractivity contribution in [3.05, 3.63) is 53.9 Å². The summed E-state index contributed by atoms with van der Waals surface area (Å²) in [6.45, 7) is 2.25. The Bertz CT molecular complexity index is 1110. The second-order valence-corrected chi connectivity index (χ2v) is 9.67.